The molecule has 2 aromatic rings. The van der Waals surface area contributed by atoms with Crippen LogP contribution in [0.5, 0.6) is 0 Å². The van der Waals surface area contributed by atoms with Gasteiger partial charge in [0.1, 0.15) is 0 Å². The third-order valence-corrected chi connectivity index (χ3v) is 5.09. The molecule has 0 aliphatic rings. The molecule has 0 radical (unpaired) electrons. The summed E-state index contributed by atoms with van der Waals surface area (Å²) in [4.78, 5) is 0. The van der Waals surface area contributed by atoms with E-state index in [2.05, 4.69) is 53.9 Å². The molecule has 0 spiro atoms. The van der Waals surface area contributed by atoms with Crippen LogP contribution in [0, 0.1) is 0 Å². The Kier molecular flexibility index (Phi) is 2.42. The molecule has 0 bridgehead atoms. The average molecular weight is 232 g/mol. The molecule has 0 saturated heterocycles. The number of rotatable bonds is 1. The van der Waals surface area contributed by atoms with E-state index in [1.54, 1.807) is 4.35 Å². The normalized spacial score (nSPS) is 11.0. The van der Waals surface area contributed by atoms with Gasteiger partial charge in [-0.2, -0.15) is 0 Å². The van der Waals surface area contributed by atoms with Crippen LogP contribution in [0.15, 0.2) is 42.5 Å². The van der Waals surface area contributed by atoms with Crippen LogP contribution in [0.1, 0.15) is 0 Å². The van der Waals surface area contributed by atoms with E-state index in [-0.39, 0.29) is 0 Å². The summed E-state index contributed by atoms with van der Waals surface area (Å²) in [5.74, 6) is 0. The fourth-order valence-corrected chi connectivity index (χ4v) is 3.84. The molecule has 0 N–H and O–H groups in total. The molecule has 66 valence electrons. The van der Waals surface area contributed by atoms with Crippen LogP contribution >= 0.6 is 0 Å². The van der Waals surface area contributed by atoms with Crippen LogP contribution in [0.2, 0.25) is 11.4 Å². The summed E-state index contributed by atoms with van der Waals surface area (Å²) < 4.78 is 1.59. The van der Waals surface area contributed by atoms with E-state index in [0.717, 1.165) is 0 Å². The molecule has 0 atom stereocenters. The summed E-state index contributed by atoms with van der Waals surface area (Å²) in [6.45, 7) is 0. The molecule has 0 aromatic heterocycles. The van der Waals surface area contributed by atoms with Gasteiger partial charge in [-0.15, -0.1) is 0 Å². The maximum absolute atomic E-state index is 2.38. The molecule has 2 rings (SSSR count). The zero-order valence-electron chi connectivity index (χ0n) is 7.99. The van der Waals surface area contributed by atoms with Gasteiger partial charge in [-0.05, 0) is 0 Å². The van der Waals surface area contributed by atoms with Crippen molar-refractivity contribution in [3.63, 3.8) is 0 Å². The van der Waals surface area contributed by atoms with Gasteiger partial charge in [0.15, 0.2) is 0 Å². The van der Waals surface area contributed by atoms with Gasteiger partial charge < -0.3 is 0 Å². The van der Waals surface area contributed by atoms with Gasteiger partial charge in [0.25, 0.3) is 0 Å². The second-order valence-corrected chi connectivity index (χ2v) is 8.16. The summed E-state index contributed by atoms with van der Waals surface area (Å²) in [6, 6.07) is 15.3. The van der Waals surface area contributed by atoms with E-state index in [1.165, 1.54) is 10.8 Å². The van der Waals surface area contributed by atoms with Crippen molar-refractivity contribution in [1.29, 1.82) is 0 Å². The number of hydrogen-bond donors (Lipinski definition) is 0. The minimum atomic E-state index is -0.743. The van der Waals surface area contributed by atoms with Gasteiger partial charge >= 0.3 is 83.7 Å². The fourth-order valence-electron chi connectivity index (χ4n) is 1.60. The molecule has 0 amide bonds. The molecular weight excluding hydrogens is 219 g/mol. The first kappa shape index (κ1) is 8.84. The predicted molar refractivity (Wildman–Crippen MR) is 61.1 cm³/mol. The third kappa shape index (κ3) is 1.64. The van der Waals surface area contributed by atoms with Crippen LogP contribution < -0.4 is 4.35 Å². The SMILES string of the molecule is C[As](C)c1cccc2ccccc12. The van der Waals surface area contributed by atoms with Crippen molar-refractivity contribution in [2.45, 2.75) is 11.4 Å². The van der Waals surface area contributed by atoms with Gasteiger partial charge in [-0.3, -0.25) is 0 Å². The Morgan fingerprint density at radius 2 is 1.54 bits per heavy atom. The Morgan fingerprint density at radius 3 is 2.31 bits per heavy atom. The van der Waals surface area contributed by atoms with Crippen molar-refractivity contribution < 1.29 is 0 Å². The Labute approximate surface area is 83.8 Å². The van der Waals surface area contributed by atoms with Crippen LogP contribution in [0.3, 0.4) is 0 Å². The summed E-state index contributed by atoms with van der Waals surface area (Å²) in [5.41, 5.74) is 4.77. The third-order valence-electron chi connectivity index (χ3n) is 2.25. The molecular formula is C12H13As. The van der Waals surface area contributed by atoms with Gasteiger partial charge in [-0.25, -0.2) is 0 Å². The summed E-state index contributed by atoms with van der Waals surface area (Å²) in [5, 5.41) is 2.83. The molecule has 0 unspecified atom stereocenters. The first-order valence-electron chi connectivity index (χ1n) is 4.44. The van der Waals surface area contributed by atoms with Gasteiger partial charge in [0, 0.05) is 0 Å². The van der Waals surface area contributed by atoms with Crippen molar-refractivity contribution in [3.05, 3.63) is 42.5 Å². The maximum atomic E-state index is 2.38. The second kappa shape index (κ2) is 3.55. The molecule has 13 heavy (non-hydrogen) atoms. The fraction of sp³-hybridized carbons (Fsp3) is 0.167. The molecule has 0 aliphatic heterocycles. The van der Waals surface area contributed by atoms with Gasteiger partial charge in [-0.1, -0.05) is 0 Å². The van der Waals surface area contributed by atoms with Crippen LogP contribution in [-0.2, 0) is 0 Å². The van der Waals surface area contributed by atoms with E-state index in [0.29, 0.717) is 0 Å². The minimum absolute atomic E-state index is 0.743. The quantitative estimate of drug-likeness (QED) is 0.663. The number of fused-ring (bicyclic) bond motifs is 1. The van der Waals surface area contributed by atoms with Gasteiger partial charge in [0.2, 0.25) is 0 Å². The number of benzene rings is 2. The zero-order chi connectivity index (χ0) is 9.26. The molecule has 0 saturated carbocycles. The van der Waals surface area contributed by atoms with Crippen LogP contribution in [0.4, 0.5) is 0 Å². The van der Waals surface area contributed by atoms with Crippen molar-refractivity contribution >= 4 is 29.8 Å². The van der Waals surface area contributed by atoms with Crippen LogP contribution in [0.25, 0.3) is 10.8 Å². The van der Waals surface area contributed by atoms with Gasteiger partial charge in [0.05, 0.1) is 0 Å². The van der Waals surface area contributed by atoms with E-state index in [1.807, 2.05) is 0 Å². The van der Waals surface area contributed by atoms with E-state index in [9.17, 15) is 0 Å². The van der Waals surface area contributed by atoms with Crippen molar-refractivity contribution in [1.82, 2.24) is 0 Å². The zero-order valence-corrected chi connectivity index (χ0v) is 9.87. The molecule has 0 fully saturated rings. The first-order valence-corrected chi connectivity index (χ1v) is 9.13. The number of hydrogen-bond acceptors (Lipinski definition) is 0. The van der Waals surface area contributed by atoms with Crippen LogP contribution in [-0.4, -0.2) is 14.7 Å². The average Bonchev–Trinajstić information content (AvgIpc) is 2.17. The molecule has 1 heteroatoms. The predicted octanol–water partition coefficient (Wildman–Crippen LogP) is 2.80. The molecule has 0 nitrogen and oxygen atoms in total. The standard InChI is InChI=1S/C12H13As/c1-13(2)12-9-5-7-10-6-3-4-8-11(10)12/h3-9H,1-2H3. The summed E-state index contributed by atoms with van der Waals surface area (Å²) in [7, 11) is 0. The van der Waals surface area contributed by atoms with E-state index in [4.69, 9.17) is 0 Å². The molecule has 0 heterocycles. The van der Waals surface area contributed by atoms with Crippen molar-refractivity contribution in [2.75, 3.05) is 0 Å². The Morgan fingerprint density at radius 1 is 0.846 bits per heavy atom. The molecule has 2 aromatic carbocycles. The van der Waals surface area contributed by atoms with Crippen molar-refractivity contribution in [2.24, 2.45) is 0 Å². The molecule has 0 aliphatic carbocycles. The second-order valence-electron chi connectivity index (χ2n) is 3.39. The van der Waals surface area contributed by atoms with E-state index < -0.39 is 14.7 Å². The Balaban J connectivity index is 2.76. The Bertz CT molecular complexity index is 413. The Hall–Kier alpha value is -0.742. The summed E-state index contributed by atoms with van der Waals surface area (Å²) in [6.07, 6.45) is 0. The topological polar surface area (TPSA) is 0 Å². The monoisotopic (exact) mass is 232 g/mol. The first-order chi connectivity index (χ1) is 6.29. The summed E-state index contributed by atoms with van der Waals surface area (Å²) >= 11 is -0.743. The van der Waals surface area contributed by atoms with E-state index >= 15 is 0 Å². The van der Waals surface area contributed by atoms with Crippen molar-refractivity contribution in [3.8, 4) is 0 Å².